The van der Waals surface area contributed by atoms with Crippen LogP contribution in [0, 0.1) is 5.92 Å². The average molecular weight is 405 g/mol. The molecule has 154 valence electrons. The van der Waals surface area contributed by atoms with Crippen molar-refractivity contribution in [2.75, 3.05) is 20.2 Å². The molecule has 1 aliphatic rings. The summed E-state index contributed by atoms with van der Waals surface area (Å²) < 4.78 is 10.5. The van der Waals surface area contributed by atoms with Gasteiger partial charge in [0.15, 0.2) is 0 Å². The first-order valence-corrected chi connectivity index (χ1v) is 9.91. The fourth-order valence-corrected chi connectivity index (χ4v) is 3.52. The van der Waals surface area contributed by atoms with Crippen molar-refractivity contribution >= 4 is 12.0 Å². The average Bonchev–Trinajstić information content (AvgIpc) is 3.27. The van der Waals surface area contributed by atoms with Crippen LogP contribution in [-0.4, -0.2) is 51.1 Å². The van der Waals surface area contributed by atoms with Crippen molar-refractivity contribution in [3.05, 3.63) is 60.4 Å². The SMILES string of the molecule is COc1ccc(C=CC(=O)N2CCCC(Cc3nc(-c4cnccn4)no3)C2)cc1. The second-order valence-electron chi connectivity index (χ2n) is 7.21. The zero-order valence-corrected chi connectivity index (χ0v) is 16.8. The van der Waals surface area contributed by atoms with Crippen LogP contribution in [0.1, 0.15) is 24.3 Å². The number of likely N-dealkylation sites (tertiary alicyclic amines) is 1. The fraction of sp³-hybridized carbons (Fsp3) is 0.318. The van der Waals surface area contributed by atoms with E-state index in [9.17, 15) is 4.79 Å². The van der Waals surface area contributed by atoms with Crippen molar-refractivity contribution in [1.29, 1.82) is 0 Å². The van der Waals surface area contributed by atoms with Gasteiger partial charge < -0.3 is 14.2 Å². The number of amides is 1. The van der Waals surface area contributed by atoms with Crippen LogP contribution in [0.3, 0.4) is 0 Å². The Bertz CT molecular complexity index is 1000. The molecule has 2 aromatic heterocycles. The molecule has 30 heavy (non-hydrogen) atoms. The first kappa shape index (κ1) is 19.8. The summed E-state index contributed by atoms with van der Waals surface area (Å²) in [6.07, 6.45) is 10.9. The molecule has 1 amide bonds. The minimum atomic E-state index is 0.0151. The number of carbonyl (C=O) groups is 1. The number of methoxy groups -OCH3 is 1. The van der Waals surface area contributed by atoms with E-state index in [0.717, 1.165) is 30.7 Å². The summed E-state index contributed by atoms with van der Waals surface area (Å²) in [5, 5.41) is 3.99. The van der Waals surface area contributed by atoms with Crippen molar-refractivity contribution in [1.82, 2.24) is 25.0 Å². The zero-order chi connectivity index (χ0) is 20.8. The summed E-state index contributed by atoms with van der Waals surface area (Å²) in [4.78, 5) is 27.1. The van der Waals surface area contributed by atoms with Gasteiger partial charge in [-0.3, -0.25) is 9.78 Å². The van der Waals surface area contributed by atoms with E-state index in [-0.39, 0.29) is 11.8 Å². The maximum Gasteiger partial charge on any atom is 0.246 e. The van der Waals surface area contributed by atoms with Crippen LogP contribution in [0.5, 0.6) is 5.75 Å². The fourth-order valence-electron chi connectivity index (χ4n) is 3.52. The number of hydrogen-bond acceptors (Lipinski definition) is 7. The number of piperidine rings is 1. The van der Waals surface area contributed by atoms with Crippen LogP contribution >= 0.6 is 0 Å². The highest BCUT2D eigenvalue weighted by atomic mass is 16.5. The molecule has 3 aromatic rings. The van der Waals surface area contributed by atoms with Crippen LogP contribution in [0.25, 0.3) is 17.6 Å². The predicted octanol–water partition coefficient (Wildman–Crippen LogP) is 3.03. The van der Waals surface area contributed by atoms with Gasteiger partial charge in [-0.25, -0.2) is 4.98 Å². The summed E-state index contributed by atoms with van der Waals surface area (Å²) in [7, 11) is 1.63. The number of carbonyl (C=O) groups excluding carboxylic acids is 1. The van der Waals surface area contributed by atoms with Crippen molar-refractivity contribution in [3.8, 4) is 17.3 Å². The molecule has 1 unspecified atom stereocenters. The molecule has 0 radical (unpaired) electrons. The highest BCUT2D eigenvalue weighted by Gasteiger charge is 2.24. The summed E-state index contributed by atoms with van der Waals surface area (Å²) >= 11 is 0. The third kappa shape index (κ3) is 4.89. The molecule has 1 aliphatic heterocycles. The lowest BCUT2D eigenvalue weighted by atomic mass is 9.94. The number of nitrogens with zero attached hydrogens (tertiary/aromatic N) is 5. The zero-order valence-electron chi connectivity index (χ0n) is 16.8. The van der Waals surface area contributed by atoms with E-state index in [0.29, 0.717) is 30.4 Å². The lowest BCUT2D eigenvalue weighted by Gasteiger charge is -2.31. The number of aromatic nitrogens is 4. The largest absolute Gasteiger partial charge is 0.497 e. The first-order valence-electron chi connectivity index (χ1n) is 9.91. The molecule has 1 fully saturated rings. The van der Waals surface area contributed by atoms with Gasteiger partial charge in [0.25, 0.3) is 0 Å². The van der Waals surface area contributed by atoms with Crippen molar-refractivity contribution < 1.29 is 14.1 Å². The molecule has 0 bridgehead atoms. The van der Waals surface area contributed by atoms with E-state index >= 15 is 0 Å². The summed E-state index contributed by atoms with van der Waals surface area (Å²) in [5.74, 6) is 2.09. The molecule has 0 saturated carbocycles. The summed E-state index contributed by atoms with van der Waals surface area (Å²) in [6.45, 7) is 1.44. The topological polar surface area (TPSA) is 94.2 Å². The molecule has 0 N–H and O–H groups in total. The van der Waals surface area contributed by atoms with E-state index in [1.807, 2.05) is 35.2 Å². The van der Waals surface area contributed by atoms with Crippen molar-refractivity contribution in [2.24, 2.45) is 5.92 Å². The van der Waals surface area contributed by atoms with Crippen molar-refractivity contribution in [2.45, 2.75) is 19.3 Å². The highest BCUT2D eigenvalue weighted by molar-refractivity contribution is 5.91. The Hall–Kier alpha value is -3.55. The van der Waals surface area contributed by atoms with Gasteiger partial charge in [0.1, 0.15) is 11.4 Å². The molecule has 0 spiro atoms. The second-order valence-corrected chi connectivity index (χ2v) is 7.21. The third-order valence-corrected chi connectivity index (χ3v) is 5.09. The number of benzene rings is 1. The first-order chi connectivity index (χ1) is 14.7. The normalized spacial score (nSPS) is 16.7. The predicted molar refractivity (Wildman–Crippen MR) is 110 cm³/mol. The Labute approximate surface area is 174 Å². The van der Waals surface area contributed by atoms with Crippen molar-refractivity contribution in [3.63, 3.8) is 0 Å². The van der Waals surface area contributed by atoms with Crippen LogP contribution in [-0.2, 0) is 11.2 Å². The van der Waals surface area contributed by atoms with Gasteiger partial charge in [0.05, 0.1) is 13.3 Å². The van der Waals surface area contributed by atoms with Gasteiger partial charge in [-0.2, -0.15) is 4.98 Å². The van der Waals surface area contributed by atoms with Gasteiger partial charge in [-0.05, 0) is 42.5 Å². The van der Waals surface area contributed by atoms with Crippen LogP contribution in [0.2, 0.25) is 0 Å². The smallest absolute Gasteiger partial charge is 0.246 e. The van der Waals surface area contributed by atoms with Crippen LogP contribution in [0.15, 0.2) is 53.5 Å². The van der Waals surface area contributed by atoms with Gasteiger partial charge in [-0.15, -0.1) is 0 Å². The molecule has 4 rings (SSSR count). The molecular formula is C22H23N5O3. The Kier molecular flexibility index (Phi) is 6.12. The number of hydrogen-bond donors (Lipinski definition) is 0. The van der Waals surface area contributed by atoms with E-state index in [2.05, 4.69) is 20.1 Å². The minimum absolute atomic E-state index is 0.0151. The minimum Gasteiger partial charge on any atom is -0.497 e. The van der Waals surface area contributed by atoms with Gasteiger partial charge in [0, 0.05) is 38.0 Å². The molecule has 1 aromatic carbocycles. The molecular weight excluding hydrogens is 382 g/mol. The van der Waals surface area contributed by atoms with E-state index in [1.54, 1.807) is 31.8 Å². The standard InChI is InChI=1S/C22H23N5O3/c1-29-18-7-4-16(5-8-18)6-9-21(28)27-12-2-3-17(15-27)13-20-25-22(26-30-20)19-14-23-10-11-24-19/h4-11,14,17H,2-3,12-13,15H2,1H3. The second kappa shape index (κ2) is 9.30. The van der Waals surface area contributed by atoms with Gasteiger partial charge >= 0.3 is 0 Å². The lowest BCUT2D eigenvalue weighted by Crippen LogP contribution is -2.39. The highest BCUT2D eigenvalue weighted by Crippen LogP contribution is 2.22. The Morgan fingerprint density at radius 2 is 2.17 bits per heavy atom. The molecule has 8 heteroatoms. The molecule has 1 saturated heterocycles. The molecule has 3 heterocycles. The maximum absolute atomic E-state index is 12.6. The van der Waals surface area contributed by atoms with Gasteiger partial charge in [-0.1, -0.05) is 17.3 Å². The monoisotopic (exact) mass is 405 g/mol. The molecule has 1 atom stereocenters. The number of rotatable bonds is 6. The maximum atomic E-state index is 12.6. The Morgan fingerprint density at radius 3 is 2.93 bits per heavy atom. The number of ether oxygens (including phenoxy) is 1. The molecule has 0 aliphatic carbocycles. The van der Waals surface area contributed by atoms with Gasteiger partial charge in [0.2, 0.25) is 17.6 Å². The Morgan fingerprint density at radius 1 is 1.30 bits per heavy atom. The molecule has 8 nitrogen and oxygen atoms in total. The van der Waals surface area contributed by atoms with E-state index < -0.39 is 0 Å². The Balaban J connectivity index is 1.34. The quantitative estimate of drug-likeness (QED) is 0.582. The van der Waals surface area contributed by atoms with E-state index in [1.165, 1.54) is 0 Å². The summed E-state index contributed by atoms with van der Waals surface area (Å²) in [6, 6.07) is 7.60. The summed E-state index contributed by atoms with van der Waals surface area (Å²) in [5.41, 5.74) is 1.54. The third-order valence-electron chi connectivity index (χ3n) is 5.09. The van der Waals surface area contributed by atoms with Crippen LogP contribution in [0.4, 0.5) is 0 Å². The van der Waals surface area contributed by atoms with Crippen LogP contribution < -0.4 is 4.74 Å². The lowest BCUT2D eigenvalue weighted by molar-refractivity contribution is -0.127. The van der Waals surface area contributed by atoms with E-state index in [4.69, 9.17) is 9.26 Å².